The molecule has 2 rings (SSSR count). The molecule has 0 aliphatic rings. The molecule has 0 aliphatic carbocycles. The fraction of sp³-hybridized carbons (Fsp3) is 0.238. The van der Waals surface area contributed by atoms with E-state index in [-0.39, 0.29) is 5.57 Å². The number of nitrogens with zero attached hydrogens (tertiary/aromatic N) is 1. The normalized spacial score (nSPS) is 10.8. The molecule has 0 saturated heterocycles. The van der Waals surface area contributed by atoms with Crippen molar-refractivity contribution in [2.75, 3.05) is 19.0 Å². The summed E-state index contributed by atoms with van der Waals surface area (Å²) in [5, 5.41) is 15.0. The number of carbonyl (C=O) groups is 1. The van der Waals surface area contributed by atoms with Crippen LogP contribution in [0, 0.1) is 25.2 Å². The molecule has 0 aromatic heterocycles. The quantitative estimate of drug-likeness (QED) is 0.456. The highest BCUT2D eigenvalue weighted by Crippen LogP contribution is 2.25. The summed E-state index contributed by atoms with van der Waals surface area (Å²) < 4.78 is 5.24. The Bertz CT molecular complexity index is 851. The molecule has 0 radical (unpaired) electrons. The van der Waals surface area contributed by atoms with E-state index in [0.717, 1.165) is 12.0 Å². The van der Waals surface area contributed by atoms with Gasteiger partial charge in [0.05, 0.1) is 12.8 Å². The smallest absolute Gasteiger partial charge is 0.267 e. The Labute approximate surface area is 154 Å². The molecule has 0 atom stereocenters. The van der Waals surface area contributed by atoms with Crippen LogP contribution >= 0.6 is 0 Å². The molecule has 0 saturated carbocycles. The number of ether oxygens (including phenoxy) is 1. The molecule has 0 bridgehead atoms. The minimum absolute atomic E-state index is 0.0124. The third-order valence-corrected chi connectivity index (χ3v) is 4.01. The lowest BCUT2D eigenvalue weighted by Crippen LogP contribution is -2.18. The van der Waals surface area contributed by atoms with E-state index in [1.54, 1.807) is 12.1 Å². The molecule has 2 N–H and O–H groups in total. The second-order valence-corrected chi connectivity index (χ2v) is 5.96. The van der Waals surface area contributed by atoms with Crippen molar-refractivity contribution in [1.82, 2.24) is 5.32 Å². The number of rotatable bonds is 7. The van der Waals surface area contributed by atoms with Crippen LogP contribution in [0.5, 0.6) is 5.75 Å². The fourth-order valence-corrected chi connectivity index (χ4v) is 2.53. The van der Waals surface area contributed by atoms with E-state index in [2.05, 4.69) is 29.7 Å². The number of hydrogen-bond acceptors (Lipinski definition) is 4. The average molecular weight is 349 g/mol. The van der Waals surface area contributed by atoms with Gasteiger partial charge in [0.2, 0.25) is 0 Å². The zero-order chi connectivity index (χ0) is 18.9. The van der Waals surface area contributed by atoms with E-state index in [0.29, 0.717) is 18.0 Å². The Balaban J connectivity index is 1.98. The van der Waals surface area contributed by atoms with Crippen molar-refractivity contribution in [3.05, 3.63) is 70.9 Å². The first-order chi connectivity index (χ1) is 12.5. The van der Waals surface area contributed by atoms with Gasteiger partial charge in [0.25, 0.3) is 5.91 Å². The Morgan fingerprint density at radius 2 is 2.00 bits per heavy atom. The van der Waals surface area contributed by atoms with E-state index in [1.165, 1.54) is 24.4 Å². The molecular formula is C21H23N3O2. The van der Waals surface area contributed by atoms with E-state index in [9.17, 15) is 10.1 Å². The van der Waals surface area contributed by atoms with Crippen LogP contribution in [-0.2, 0) is 11.2 Å². The van der Waals surface area contributed by atoms with Crippen molar-refractivity contribution >= 4 is 11.6 Å². The second kappa shape index (κ2) is 9.28. The van der Waals surface area contributed by atoms with Crippen LogP contribution in [0.25, 0.3) is 0 Å². The maximum Gasteiger partial charge on any atom is 0.267 e. The Hall–Kier alpha value is -3.26. The summed E-state index contributed by atoms with van der Waals surface area (Å²) in [6, 6.07) is 15.5. The number of hydrogen-bond donors (Lipinski definition) is 2. The molecule has 0 aliphatic heterocycles. The van der Waals surface area contributed by atoms with Crippen molar-refractivity contribution in [1.29, 1.82) is 5.26 Å². The topological polar surface area (TPSA) is 74.1 Å². The van der Waals surface area contributed by atoms with Crippen LogP contribution in [0.15, 0.2) is 54.2 Å². The third-order valence-electron chi connectivity index (χ3n) is 4.01. The van der Waals surface area contributed by atoms with Gasteiger partial charge in [-0.1, -0.05) is 30.3 Å². The van der Waals surface area contributed by atoms with Crippen molar-refractivity contribution < 1.29 is 9.53 Å². The Kier molecular flexibility index (Phi) is 6.81. The molecule has 0 fully saturated rings. The molecule has 134 valence electrons. The number of nitriles is 1. The van der Waals surface area contributed by atoms with Crippen LogP contribution in [0.3, 0.4) is 0 Å². The van der Waals surface area contributed by atoms with Crippen LogP contribution in [0.2, 0.25) is 0 Å². The molecule has 5 nitrogen and oxygen atoms in total. The van der Waals surface area contributed by atoms with Gasteiger partial charge in [-0.25, -0.2) is 0 Å². The molecule has 2 aromatic rings. The maximum absolute atomic E-state index is 12.3. The molecule has 0 unspecified atom stereocenters. The number of methoxy groups -OCH3 is 1. The molecule has 0 heterocycles. The molecule has 0 spiro atoms. The van der Waals surface area contributed by atoms with Crippen LogP contribution in [0.4, 0.5) is 5.69 Å². The highest BCUT2D eigenvalue weighted by Gasteiger charge is 2.12. The van der Waals surface area contributed by atoms with Crippen LogP contribution < -0.4 is 15.4 Å². The lowest BCUT2D eigenvalue weighted by Gasteiger charge is -2.11. The lowest BCUT2D eigenvalue weighted by atomic mass is 10.1. The zero-order valence-electron chi connectivity index (χ0n) is 15.3. The van der Waals surface area contributed by atoms with Crippen LogP contribution in [-0.4, -0.2) is 19.6 Å². The summed E-state index contributed by atoms with van der Waals surface area (Å²) in [6.07, 6.45) is 2.27. The van der Waals surface area contributed by atoms with Gasteiger partial charge in [0.15, 0.2) is 0 Å². The van der Waals surface area contributed by atoms with Gasteiger partial charge in [-0.15, -0.1) is 0 Å². The Morgan fingerprint density at radius 3 is 2.69 bits per heavy atom. The molecule has 26 heavy (non-hydrogen) atoms. The summed E-state index contributed by atoms with van der Waals surface area (Å²) >= 11 is 0. The predicted octanol–water partition coefficient (Wildman–Crippen LogP) is 3.49. The minimum Gasteiger partial charge on any atom is -0.495 e. The zero-order valence-corrected chi connectivity index (χ0v) is 15.3. The SMILES string of the molecule is COc1ccc(C)cc1NC(=O)/C(C#N)=C\NCCc1ccccc1C. The monoisotopic (exact) mass is 349 g/mol. The van der Waals surface area contributed by atoms with Gasteiger partial charge in [-0.05, 0) is 49.1 Å². The number of anilines is 1. The first-order valence-electron chi connectivity index (χ1n) is 8.39. The van der Waals surface area contributed by atoms with Gasteiger partial charge < -0.3 is 15.4 Å². The third kappa shape index (κ3) is 5.12. The van der Waals surface area contributed by atoms with E-state index >= 15 is 0 Å². The highest BCUT2D eigenvalue weighted by molar-refractivity contribution is 6.07. The van der Waals surface area contributed by atoms with Crippen molar-refractivity contribution in [3.8, 4) is 11.8 Å². The van der Waals surface area contributed by atoms with Gasteiger partial charge in [-0.3, -0.25) is 4.79 Å². The van der Waals surface area contributed by atoms with Crippen molar-refractivity contribution in [2.24, 2.45) is 0 Å². The van der Waals surface area contributed by atoms with Crippen molar-refractivity contribution in [2.45, 2.75) is 20.3 Å². The predicted molar refractivity (Wildman–Crippen MR) is 103 cm³/mol. The summed E-state index contributed by atoms with van der Waals surface area (Å²) in [4.78, 5) is 12.3. The molecule has 1 amide bonds. The summed E-state index contributed by atoms with van der Waals surface area (Å²) in [7, 11) is 1.54. The average Bonchev–Trinajstić information content (AvgIpc) is 2.63. The fourth-order valence-electron chi connectivity index (χ4n) is 2.53. The largest absolute Gasteiger partial charge is 0.495 e. The Morgan fingerprint density at radius 1 is 1.23 bits per heavy atom. The number of nitrogens with one attached hydrogen (secondary N) is 2. The summed E-state index contributed by atoms with van der Waals surface area (Å²) in [5.41, 5.74) is 4.00. The van der Waals surface area contributed by atoms with Gasteiger partial charge >= 0.3 is 0 Å². The molecular weight excluding hydrogens is 326 g/mol. The number of benzene rings is 2. The second-order valence-electron chi connectivity index (χ2n) is 5.96. The first kappa shape index (κ1) is 19.1. The maximum atomic E-state index is 12.3. The number of aryl methyl sites for hydroxylation is 2. The molecule has 5 heteroatoms. The van der Waals surface area contributed by atoms with E-state index in [1.807, 2.05) is 31.2 Å². The molecule has 2 aromatic carbocycles. The minimum atomic E-state index is -0.472. The standard InChI is InChI=1S/C21H23N3O2/c1-15-8-9-20(26-3)19(12-15)24-21(25)18(13-22)14-23-11-10-17-7-5-4-6-16(17)2/h4-9,12,14,23H,10-11H2,1-3H3,(H,24,25)/b18-14-. The van der Waals surface area contributed by atoms with Gasteiger partial charge in [0, 0.05) is 12.7 Å². The summed E-state index contributed by atoms with van der Waals surface area (Å²) in [6.45, 7) is 4.62. The lowest BCUT2D eigenvalue weighted by molar-refractivity contribution is -0.112. The number of carbonyl (C=O) groups excluding carboxylic acids is 1. The van der Waals surface area contributed by atoms with Gasteiger partial charge in [-0.2, -0.15) is 5.26 Å². The van der Waals surface area contributed by atoms with Gasteiger partial charge in [0.1, 0.15) is 17.4 Å². The first-order valence-corrected chi connectivity index (χ1v) is 8.39. The van der Waals surface area contributed by atoms with E-state index in [4.69, 9.17) is 4.74 Å². The van der Waals surface area contributed by atoms with E-state index < -0.39 is 5.91 Å². The number of amides is 1. The van der Waals surface area contributed by atoms with Crippen LogP contribution in [0.1, 0.15) is 16.7 Å². The van der Waals surface area contributed by atoms with Crippen molar-refractivity contribution in [3.63, 3.8) is 0 Å². The summed E-state index contributed by atoms with van der Waals surface area (Å²) in [5.74, 6) is 0.0774. The highest BCUT2D eigenvalue weighted by atomic mass is 16.5.